The van der Waals surface area contributed by atoms with Gasteiger partial charge in [-0.3, -0.25) is 5.10 Å². The summed E-state index contributed by atoms with van der Waals surface area (Å²) in [6, 6.07) is 4.71. The van der Waals surface area contributed by atoms with Crippen LogP contribution in [0, 0.1) is 11.7 Å². The fraction of sp³-hybridized carbons (Fsp3) is 0.538. The van der Waals surface area contributed by atoms with Crippen LogP contribution in [-0.2, 0) is 6.42 Å². The number of rotatable bonds is 4. The van der Waals surface area contributed by atoms with Gasteiger partial charge in [0.2, 0.25) is 0 Å². The maximum absolute atomic E-state index is 5.34. The van der Waals surface area contributed by atoms with Crippen molar-refractivity contribution in [2.45, 2.75) is 46.1 Å². The summed E-state index contributed by atoms with van der Waals surface area (Å²) in [5.74, 6) is 1.42. The highest BCUT2D eigenvalue weighted by molar-refractivity contribution is 7.71. The van der Waals surface area contributed by atoms with E-state index < -0.39 is 0 Å². The Balaban J connectivity index is 2.26. The number of nitrogens with one attached hydrogen (secondary N) is 1. The van der Waals surface area contributed by atoms with E-state index in [9.17, 15) is 0 Å². The molecule has 0 saturated heterocycles. The molecular formula is C13H19N3S2. The van der Waals surface area contributed by atoms with Crippen LogP contribution in [-0.4, -0.2) is 14.8 Å². The minimum atomic E-state index is 0.340. The molecule has 1 atom stereocenters. The number of aromatic nitrogens is 3. The number of H-pyrrole nitrogens is 1. The van der Waals surface area contributed by atoms with Crippen molar-refractivity contribution < 1.29 is 0 Å². The Morgan fingerprint density at radius 1 is 1.39 bits per heavy atom. The smallest absolute Gasteiger partial charge is 0.195 e. The lowest BCUT2D eigenvalue weighted by molar-refractivity contribution is 0.506. The molecule has 0 aliphatic carbocycles. The van der Waals surface area contributed by atoms with Crippen LogP contribution in [0.5, 0.6) is 0 Å². The van der Waals surface area contributed by atoms with Gasteiger partial charge in [0, 0.05) is 28.1 Å². The van der Waals surface area contributed by atoms with E-state index in [1.165, 1.54) is 9.75 Å². The summed E-state index contributed by atoms with van der Waals surface area (Å²) < 4.78 is 2.87. The number of hydrogen-bond donors (Lipinski definition) is 1. The van der Waals surface area contributed by atoms with Gasteiger partial charge in [0.15, 0.2) is 4.77 Å². The molecule has 0 aliphatic rings. The second kappa shape index (κ2) is 5.36. The topological polar surface area (TPSA) is 33.6 Å². The monoisotopic (exact) mass is 281 g/mol. The summed E-state index contributed by atoms with van der Waals surface area (Å²) in [5, 5.41) is 7.24. The summed E-state index contributed by atoms with van der Waals surface area (Å²) in [7, 11) is 0. The van der Waals surface area contributed by atoms with Crippen LogP contribution in [0.1, 0.15) is 48.3 Å². The summed E-state index contributed by atoms with van der Waals surface area (Å²) in [6.45, 7) is 8.63. The third kappa shape index (κ3) is 2.72. The molecule has 1 N–H and O–H groups in total. The molecule has 2 aromatic heterocycles. The zero-order chi connectivity index (χ0) is 13.3. The van der Waals surface area contributed by atoms with Gasteiger partial charge in [0.25, 0.3) is 0 Å². The molecule has 5 heteroatoms. The van der Waals surface area contributed by atoms with Gasteiger partial charge in [0.1, 0.15) is 5.82 Å². The second-order valence-electron chi connectivity index (χ2n) is 4.98. The molecule has 3 nitrogen and oxygen atoms in total. The van der Waals surface area contributed by atoms with E-state index in [1.807, 2.05) is 11.3 Å². The van der Waals surface area contributed by atoms with E-state index in [1.54, 1.807) is 0 Å². The van der Waals surface area contributed by atoms with Crippen molar-refractivity contribution in [1.82, 2.24) is 14.8 Å². The Hall–Kier alpha value is -0.940. The molecule has 2 rings (SSSR count). The zero-order valence-corrected chi connectivity index (χ0v) is 12.9. The molecule has 0 saturated carbocycles. The normalized spacial score (nSPS) is 13.2. The van der Waals surface area contributed by atoms with E-state index in [0.29, 0.717) is 12.0 Å². The Kier molecular flexibility index (Phi) is 4.02. The van der Waals surface area contributed by atoms with Gasteiger partial charge in [-0.05, 0) is 38.2 Å². The first-order valence-electron chi connectivity index (χ1n) is 6.21. The minimum Gasteiger partial charge on any atom is -0.301 e. The van der Waals surface area contributed by atoms with Crippen molar-refractivity contribution >= 4 is 23.6 Å². The molecule has 0 aromatic carbocycles. The Morgan fingerprint density at radius 3 is 2.67 bits per heavy atom. The summed E-state index contributed by atoms with van der Waals surface area (Å²) in [6.07, 6.45) is 1.01. The van der Waals surface area contributed by atoms with Crippen LogP contribution in [0.2, 0.25) is 0 Å². The molecule has 0 spiro atoms. The van der Waals surface area contributed by atoms with Crippen molar-refractivity contribution in [2.75, 3.05) is 0 Å². The molecule has 2 aromatic rings. The molecule has 0 radical (unpaired) electrons. The van der Waals surface area contributed by atoms with E-state index in [0.717, 1.165) is 17.0 Å². The van der Waals surface area contributed by atoms with Gasteiger partial charge >= 0.3 is 0 Å². The van der Waals surface area contributed by atoms with Crippen molar-refractivity contribution in [3.63, 3.8) is 0 Å². The lowest BCUT2D eigenvalue weighted by Crippen LogP contribution is -2.12. The van der Waals surface area contributed by atoms with Gasteiger partial charge in [-0.1, -0.05) is 13.8 Å². The largest absolute Gasteiger partial charge is 0.301 e. The van der Waals surface area contributed by atoms with Gasteiger partial charge in [0.05, 0.1) is 0 Å². The van der Waals surface area contributed by atoms with Crippen LogP contribution in [0.25, 0.3) is 0 Å². The highest BCUT2D eigenvalue weighted by Gasteiger charge is 2.16. The first-order valence-corrected chi connectivity index (χ1v) is 7.43. The molecule has 0 bridgehead atoms. The number of hydrogen-bond acceptors (Lipinski definition) is 3. The minimum absolute atomic E-state index is 0.340. The fourth-order valence-electron chi connectivity index (χ4n) is 2.13. The molecular weight excluding hydrogens is 262 g/mol. The van der Waals surface area contributed by atoms with Gasteiger partial charge < -0.3 is 4.57 Å². The van der Waals surface area contributed by atoms with Gasteiger partial charge in [-0.2, -0.15) is 5.10 Å². The summed E-state index contributed by atoms with van der Waals surface area (Å²) >= 11 is 7.19. The first-order chi connectivity index (χ1) is 8.49. The molecule has 0 amide bonds. The van der Waals surface area contributed by atoms with Crippen molar-refractivity contribution in [3.8, 4) is 0 Å². The van der Waals surface area contributed by atoms with Crippen LogP contribution >= 0.6 is 23.6 Å². The lowest BCUT2D eigenvalue weighted by atomic mass is 10.1. The molecule has 1 unspecified atom stereocenters. The SMILES string of the molecule is Cc1ccc(CC(C)n2c(C(C)C)n[nH]c2=S)s1. The van der Waals surface area contributed by atoms with E-state index in [4.69, 9.17) is 12.2 Å². The summed E-state index contributed by atoms with van der Waals surface area (Å²) in [5.41, 5.74) is 0. The van der Waals surface area contributed by atoms with Crippen LogP contribution in [0.3, 0.4) is 0 Å². The lowest BCUT2D eigenvalue weighted by Gasteiger charge is -2.16. The number of aromatic amines is 1. The van der Waals surface area contributed by atoms with E-state index in [-0.39, 0.29) is 0 Å². The van der Waals surface area contributed by atoms with Crippen molar-refractivity contribution in [3.05, 3.63) is 32.5 Å². The predicted molar refractivity (Wildman–Crippen MR) is 79.0 cm³/mol. The zero-order valence-electron chi connectivity index (χ0n) is 11.2. The average Bonchev–Trinajstić information content (AvgIpc) is 2.85. The quantitative estimate of drug-likeness (QED) is 0.851. The Labute approximate surface area is 117 Å². The first kappa shape index (κ1) is 13.5. The predicted octanol–water partition coefficient (Wildman–Crippen LogP) is 4.24. The third-order valence-corrected chi connectivity index (χ3v) is 4.29. The number of aryl methyl sites for hydroxylation is 1. The standard InChI is InChI=1S/C13H19N3S2/c1-8(2)12-14-15-13(17)16(12)9(3)7-11-6-5-10(4)18-11/h5-6,8-9H,7H2,1-4H3,(H,15,17). The van der Waals surface area contributed by atoms with Crippen LogP contribution in [0.4, 0.5) is 0 Å². The molecule has 98 valence electrons. The summed E-state index contributed by atoms with van der Waals surface area (Å²) in [4.78, 5) is 2.76. The second-order valence-corrected chi connectivity index (χ2v) is 6.74. The third-order valence-electron chi connectivity index (χ3n) is 2.98. The van der Waals surface area contributed by atoms with E-state index in [2.05, 4.69) is 54.6 Å². The maximum atomic E-state index is 5.34. The van der Waals surface area contributed by atoms with Crippen molar-refractivity contribution in [1.29, 1.82) is 0 Å². The number of thiophene rings is 1. The molecule has 18 heavy (non-hydrogen) atoms. The molecule has 2 heterocycles. The van der Waals surface area contributed by atoms with Crippen molar-refractivity contribution in [2.24, 2.45) is 0 Å². The van der Waals surface area contributed by atoms with E-state index >= 15 is 0 Å². The van der Waals surface area contributed by atoms with Gasteiger partial charge in [-0.15, -0.1) is 11.3 Å². The highest BCUT2D eigenvalue weighted by Crippen LogP contribution is 2.24. The fourth-order valence-corrected chi connectivity index (χ4v) is 3.46. The molecule has 0 aliphatic heterocycles. The highest BCUT2D eigenvalue weighted by atomic mass is 32.1. The average molecular weight is 281 g/mol. The molecule has 0 fully saturated rings. The maximum Gasteiger partial charge on any atom is 0.195 e. The number of nitrogens with zero attached hydrogens (tertiary/aromatic N) is 2. The van der Waals surface area contributed by atoms with Crippen LogP contribution in [0.15, 0.2) is 12.1 Å². The Morgan fingerprint density at radius 2 is 2.11 bits per heavy atom. The van der Waals surface area contributed by atoms with Crippen LogP contribution < -0.4 is 0 Å². The van der Waals surface area contributed by atoms with Gasteiger partial charge in [-0.25, -0.2) is 0 Å². The Bertz CT molecular complexity index is 577.